The van der Waals surface area contributed by atoms with Crippen LogP contribution in [0.3, 0.4) is 0 Å². The van der Waals surface area contributed by atoms with Gasteiger partial charge in [-0.05, 0) is 38.6 Å². The summed E-state index contributed by atoms with van der Waals surface area (Å²) in [6.07, 6.45) is 0. The van der Waals surface area contributed by atoms with Gasteiger partial charge in [0.05, 0.1) is 12.6 Å². The molecule has 1 atom stereocenters. The molecule has 0 radical (unpaired) electrons. The molecule has 0 saturated carbocycles. The van der Waals surface area contributed by atoms with Crippen LogP contribution in [-0.4, -0.2) is 25.7 Å². The number of nitrogens with one attached hydrogen (secondary N) is 1. The van der Waals surface area contributed by atoms with Crippen molar-refractivity contribution in [1.82, 2.24) is 10.3 Å². The number of hydrogen-bond donors (Lipinski definition) is 1. The fourth-order valence-electron chi connectivity index (χ4n) is 1.58. The summed E-state index contributed by atoms with van der Waals surface area (Å²) in [7, 11) is 3.65. The van der Waals surface area contributed by atoms with E-state index in [0.717, 1.165) is 11.4 Å². The zero-order chi connectivity index (χ0) is 10.6. The molecule has 0 aliphatic heterocycles. The Kier molecular flexibility index (Phi) is 4.04. The van der Waals surface area contributed by atoms with E-state index in [0.29, 0.717) is 6.61 Å². The Morgan fingerprint density at radius 2 is 1.93 bits per heavy atom. The summed E-state index contributed by atoms with van der Waals surface area (Å²) in [6.45, 7) is 4.70. The number of likely N-dealkylation sites (N-methyl/N-ethyl adjacent to an activating group) is 1. The molecule has 0 amide bonds. The van der Waals surface area contributed by atoms with Crippen LogP contribution in [0.25, 0.3) is 0 Å². The molecule has 0 spiro atoms. The van der Waals surface area contributed by atoms with Crippen molar-refractivity contribution in [3.8, 4) is 0 Å². The lowest BCUT2D eigenvalue weighted by molar-refractivity contribution is 0.170. The predicted molar refractivity (Wildman–Crippen MR) is 57.4 cm³/mol. The Labute approximate surface area is 85.5 Å². The van der Waals surface area contributed by atoms with Gasteiger partial charge in [-0.3, -0.25) is 4.98 Å². The van der Waals surface area contributed by atoms with Crippen LogP contribution in [0, 0.1) is 13.8 Å². The highest BCUT2D eigenvalue weighted by Gasteiger charge is 2.09. The summed E-state index contributed by atoms with van der Waals surface area (Å²) in [5.41, 5.74) is 3.34. The van der Waals surface area contributed by atoms with Crippen molar-refractivity contribution >= 4 is 0 Å². The number of ether oxygens (including phenoxy) is 1. The number of aromatic nitrogens is 1. The van der Waals surface area contributed by atoms with Crippen molar-refractivity contribution in [3.63, 3.8) is 0 Å². The molecular formula is C11H18N2O. The van der Waals surface area contributed by atoms with E-state index in [1.54, 1.807) is 7.11 Å². The van der Waals surface area contributed by atoms with Crippen molar-refractivity contribution in [2.24, 2.45) is 0 Å². The lowest BCUT2D eigenvalue weighted by Gasteiger charge is -2.16. The molecule has 0 bridgehead atoms. The molecule has 1 heterocycles. The maximum Gasteiger partial charge on any atom is 0.0657 e. The number of rotatable bonds is 4. The molecule has 0 aliphatic rings. The lowest BCUT2D eigenvalue weighted by Crippen LogP contribution is -2.21. The molecule has 1 rings (SSSR count). The van der Waals surface area contributed by atoms with Crippen LogP contribution < -0.4 is 5.32 Å². The Bertz CT molecular complexity index is 279. The van der Waals surface area contributed by atoms with Gasteiger partial charge in [-0.2, -0.15) is 0 Å². The second kappa shape index (κ2) is 5.08. The fourth-order valence-corrected chi connectivity index (χ4v) is 1.58. The summed E-state index contributed by atoms with van der Waals surface area (Å²) in [5, 5.41) is 3.22. The molecule has 0 aromatic carbocycles. The number of hydrogen-bond acceptors (Lipinski definition) is 3. The first-order valence-corrected chi connectivity index (χ1v) is 4.78. The molecule has 0 saturated heterocycles. The third-order valence-electron chi connectivity index (χ3n) is 2.19. The third-order valence-corrected chi connectivity index (χ3v) is 2.19. The van der Waals surface area contributed by atoms with Gasteiger partial charge in [0.15, 0.2) is 0 Å². The van der Waals surface area contributed by atoms with E-state index in [1.807, 2.05) is 20.9 Å². The number of aryl methyl sites for hydroxylation is 2. The second-order valence-electron chi connectivity index (χ2n) is 3.48. The first-order valence-electron chi connectivity index (χ1n) is 4.78. The van der Waals surface area contributed by atoms with E-state index in [1.165, 1.54) is 5.56 Å². The zero-order valence-corrected chi connectivity index (χ0v) is 9.29. The molecule has 0 aliphatic carbocycles. The van der Waals surface area contributed by atoms with Crippen LogP contribution in [0.5, 0.6) is 0 Å². The lowest BCUT2D eigenvalue weighted by atomic mass is 10.1. The summed E-state index contributed by atoms with van der Waals surface area (Å²) in [6, 6.07) is 4.43. The fraction of sp³-hybridized carbons (Fsp3) is 0.545. The SMILES string of the molecule is CNC(COC)c1cc(C)nc(C)c1. The van der Waals surface area contributed by atoms with E-state index in [2.05, 4.69) is 22.4 Å². The van der Waals surface area contributed by atoms with E-state index in [-0.39, 0.29) is 6.04 Å². The van der Waals surface area contributed by atoms with Gasteiger partial charge >= 0.3 is 0 Å². The van der Waals surface area contributed by atoms with E-state index in [4.69, 9.17) is 4.74 Å². The highest BCUT2D eigenvalue weighted by atomic mass is 16.5. The average Bonchev–Trinajstić information content (AvgIpc) is 2.12. The van der Waals surface area contributed by atoms with Gasteiger partial charge in [0.25, 0.3) is 0 Å². The van der Waals surface area contributed by atoms with Gasteiger partial charge in [-0.25, -0.2) is 0 Å². The average molecular weight is 194 g/mol. The van der Waals surface area contributed by atoms with Crippen LogP contribution in [0.2, 0.25) is 0 Å². The molecule has 0 fully saturated rings. The first kappa shape index (κ1) is 11.1. The maximum atomic E-state index is 5.15. The first-order chi connectivity index (χ1) is 6.67. The second-order valence-corrected chi connectivity index (χ2v) is 3.48. The summed E-state index contributed by atoms with van der Waals surface area (Å²) in [4.78, 5) is 4.34. The van der Waals surface area contributed by atoms with Gasteiger partial charge in [-0.15, -0.1) is 0 Å². The summed E-state index contributed by atoms with van der Waals surface area (Å²) < 4.78 is 5.15. The molecule has 1 aromatic rings. The highest BCUT2D eigenvalue weighted by molar-refractivity contribution is 5.23. The zero-order valence-electron chi connectivity index (χ0n) is 9.29. The molecule has 1 N–H and O–H groups in total. The Morgan fingerprint density at radius 1 is 1.36 bits per heavy atom. The number of nitrogens with zero attached hydrogens (tertiary/aromatic N) is 1. The van der Waals surface area contributed by atoms with E-state index in [9.17, 15) is 0 Å². The molecule has 1 aromatic heterocycles. The van der Waals surface area contributed by atoms with Crippen molar-refractivity contribution in [3.05, 3.63) is 29.1 Å². The standard InChI is InChI=1S/C11H18N2O/c1-8-5-10(6-9(2)13-8)11(12-3)7-14-4/h5-6,11-12H,7H2,1-4H3. The van der Waals surface area contributed by atoms with Crippen molar-refractivity contribution in [2.75, 3.05) is 20.8 Å². The number of pyridine rings is 1. The molecule has 3 nitrogen and oxygen atoms in total. The van der Waals surface area contributed by atoms with Crippen LogP contribution in [0.15, 0.2) is 12.1 Å². The maximum absolute atomic E-state index is 5.15. The van der Waals surface area contributed by atoms with Crippen molar-refractivity contribution in [2.45, 2.75) is 19.9 Å². The normalized spacial score (nSPS) is 12.9. The molecular weight excluding hydrogens is 176 g/mol. The van der Waals surface area contributed by atoms with E-state index >= 15 is 0 Å². The molecule has 14 heavy (non-hydrogen) atoms. The minimum Gasteiger partial charge on any atom is -0.383 e. The highest BCUT2D eigenvalue weighted by Crippen LogP contribution is 2.14. The monoisotopic (exact) mass is 194 g/mol. The van der Waals surface area contributed by atoms with Crippen molar-refractivity contribution < 1.29 is 4.74 Å². The summed E-state index contributed by atoms with van der Waals surface area (Å²) >= 11 is 0. The van der Waals surface area contributed by atoms with Crippen molar-refractivity contribution in [1.29, 1.82) is 0 Å². The minimum atomic E-state index is 0.250. The van der Waals surface area contributed by atoms with E-state index < -0.39 is 0 Å². The Balaban J connectivity index is 2.91. The topological polar surface area (TPSA) is 34.1 Å². The summed E-state index contributed by atoms with van der Waals surface area (Å²) in [5.74, 6) is 0. The third kappa shape index (κ3) is 2.79. The van der Waals surface area contributed by atoms with Gasteiger partial charge < -0.3 is 10.1 Å². The van der Waals surface area contributed by atoms with Crippen LogP contribution in [0.1, 0.15) is 23.0 Å². The largest absolute Gasteiger partial charge is 0.383 e. The quantitative estimate of drug-likeness (QED) is 0.790. The molecule has 3 heteroatoms. The van der Waals surface area contributed by atoms with Crippen LogP contribution >= 0.6 is 0 Å². The van der Waals surface area contributed by atoms with Crippen LogP contribution in [0.4, 0.5) is 0 Å². The minimum absolute atomic E-state index is 0.250. The predicted octanol–water partition coefficient (Wildman–Crippen LogP) is 1.61. The van der Waals surface area contributed by atoms with Crippen LogP contribution in [-0.2, 0) is 4.74 Å². The molecule has 1 unspecified atom stereocenters. The smallest absolute Gasteiger partial charge is 0.0657 e. The molecule has 78 valence electrons. The number of methoxy groups -OCH3 is 1. The Hall–Kier alpha value is -0.930. The van der Waals surface area contributed by atoms with Gasteiger partial charge in [0.2, 0.25) is 0 Å². The Morgan fingerprint density at radius 3 is 2.36 bits per heavy atom. The van der Waals surface area contributed by atoms with Gasteiger partial charge in [-0.1, -0.05) is 0 Å². The van der Waals surface area contributed by atoms with Gasteiger partial charge in [0, 0.05) is 18.5 Å². The van der Waals surface area contributed by atoms with Gasteiger partial charge in [0.1, 0.15) is 0 Å².